The number of anilines is 1. The fourth-order valence-corrected chi connectivity index (χ4v) is 4.93. The van der Waals surface area contributed by atoms with Gasteiger partial charge in [-0.1, -0.05) is 47.2 Å². The summed E-state index contributed by atoms with van der Waals surface area (Å²) >= 11 is 1.41. The van der Waals surface area contributed by atoms with Gasteiger partial charge in [0.1, 0.15) is 5.25 Å². The zero-order chi connectivity index (χ0) is 21.4. The summed E-state index contributed by atoms with van der Waals surface area (Å²) in [5.74, 6) is -0.141. The molecule has 1 aliphatic carbocycles. The first kappa shape index (κ1) is 20.7. The van der Waals surface area contributed by atoms with E-state index < -0.39 is 5.25 Å². The number of carbonyl (C=O) groups is 2. The first-order chi connectivity index (χ1) is 14.3. The number of amidine groups is 1. The second-order valence-corrected chi connectivity index (χ2v) is 9.47. The second-order valence-electron chi connectivity index (χ2n) is 8.30. The highest BCUT2D eigenvalue weighted by atomic mass is 32.2. The van der Waals surface area contributed by atoms with Crippen molar-refractivity contribution in [2.45, 2.75) is 58.2 Å². The molecule has 4 rings (SSSR count). The SMILES string of the molecule is Cc1ccc(N=C2SC(CC(=O)Nc3ccc(C)cc3C)C(=O)N2C2CC2)c(C)c1. The Bertz CT molecular complexity index is 1040. The number of nitrogens with one attached hydrogen (secondary N) is 1. The van der Waals surface area contributed by atoms with E-state index in [1.807, 2.05) is 56.0 Å². The summed E-state index contributed by atoms with van der Waals surface area (Å²) < 4.78 is 0. The normalized spacial score (nSPS) is 20.1. The lowest BCUT2D eigenvalue weighted by atomic mass is 10.1. The van der Waals surface area contributed by atoms with Crippen molar-refractivity contribution in [2.75, 3.05) is 5.32 Å². The number of hydrogen-bond acceptors (Lipinski definition) is 4. The number of benzene rings is 2. The average molecular weight is 422 g/mol. The fourth-order valence-electron chi connectivity index (χ4n) is 3.72. The molecule has 1 saturated carbocycles. The van der Waals surface area contributed by atoms with Gasteiger partial charge in [0.25, 0.3) is 0 Å². The van der Waals surface area contributed by atoms with E-state index in [0.717, 1.165) is 46.1 Å². The maximum atomic E-state index is 13.1. The minimum absolute atomic E-state index is 0.00166. The summed E-state index contributed by atoms with van der Waals surface area (Å²) in [7, 11) is 0. The molecule has 1 atom stereocenters. The lowest BCUT2D eigenvalue weighted by Gasteiger charge is -2.15. The van der Waals surface area contributed by atoms with Gasteiger partial charge in [-0.2, -0.15) is 0 Å². The zero-order valence-corrected chi connectivity index (χ0v) is 18.7. The van der Waals surface area contributed by atoms with Gasteiger partial charge < -0.3 is 5.32 Å². The zero-order valence-electron chi connectivity index (χ0n) is 17.9. The van der Waals surface area contributed by atoms with Gasteiger partial charge in [0, 0.05) is 18.2 Å². The van der Waals surface area contributed by atoms with E-state index in [1.54, 1.807) is 0 Å². The van der Waals surface area contributed by atoms with Crippen LogP contribution in [-0.4, -0.2) is 33.2 Å². The third kappa shape index (κ3) is 4.43. The number of thioether (sulfide) groups is 1. The molecule has 0 aromatic heterocycles. The monoisotopic (exact) mass is 421 g/mol. The molecule has 1 aliphatic heterocycles. The lowest BCUT2D eigenvalue weighted by molar-refractivity contribution is -0.128. The van der Waals surface area contributed by atoms with Gasteiger partial charge in [0.2, 0.25) is 11.8 Å². The van der Waals surface area contributed by atoms with E-state index in [0.29, 0.717) is 0 Å². The Morgan fingerprint density at radius 3 is 2.37 bits per heavy atom. The van der Waals surface area contributed by atoms with Crippen molar-refractivity contribution >= 4 is 40.1 Å². The Kier molecular flexibility index (Phi) is 5.69. The molecule has 6 heteroatoms. The minimum Gasteiger partial charge on any atom is -0.326 e. The molecule has 2 aromatic rings. The number of amides is 2. The molecule has 1 heterocycles. The van der Waals surface area contributed by atoms with Crippen molar-refractivity contribution in [3.63, 3.8) is 0 Å². The predicted molar refractivity (Wildman–Crippen MR) is 123 cm³/mol. The molecule has 1 saturated heterocycles. The fraction of sp³-hybridized carbons (Fsp3) is 0.375. The Balaban J connectivity index is 1.51. The van der Waals surface area contributed by atoms with E-state index in [4.69, 9.17) is 4.99 Å². The molecular formula is C24H27N3O2S. The van der Waals surface area contributed by atoms with Crippen molar-refractivity contribution < 1.29 is 9.59 Å². The maximum Gasteiger partial charge on any atom is 0.242 e. The van der Waals surface area contributed by atoms with Crippen LogP contribution < -0.4 is 5.32 Å². The highest BCUT2D eigenvalue weighted by molar-refractivity contribution is 8.15. The van der Waals surface area contributed by atoms with E-state index in [-0.39, 0.29) is 24.3 Å². The van der Waals surface area contributed by atoms with Crippen molar-refractivity contribution in [2.24, 2.45) is 4.99 Å². The second kappa shape index (κ2) is 8.26. The number of aryl methyl sites for hydroxylation is 4. The molecular weight excluding hydrogens is 394 g/mol. The van der Waals surface area contributed by atoms with Crippen LogP contribution in [0.25, 0.3) is 0 Å². The van der Waals surface area contributed by atoms with Gasteiger partial charge in [-0.15, -0.1) is 0 Å². The molecule has 0 bridgehead atoms. The van der Waals surface area contributed by atoms with Gasteiger partial charge in [-0.3, -0.25) is 14.5 Å². The standard InChI is InChI=1S/C24H27N3O2S/c1-14-5-9-19(16(3)11-14)25-22(28)13-21-23(29)27(18-7-8-18)24(30-21)26-20-10-6-15(2)12-17(20)4/h5-6,9-12,18,21H,7-8,13H2,1-4H3,(H,25,28). The summed E-state index contributed by atoms with van der Waals surface area (Å²) in [6, 6.07) is 12.3. The van der Waals surface area contributed by atoms with E-state index in [1.165, 1.54) is 17.3 Å². The molecule has 1 N–H and O–H groups in total. The number of carbonyl (C=O) groups excluding carboxylic acids is 2. The van der Waals surface area contributed by atoms with Crippen LogP contribution in [0.1, 0.15) is 41.5 Å². The lowest BCUT2D eigenvalue weighted by Crippen LogP contribution is -2.35. The van der Waals surface area contributed by atoms with Crippen molar-refractivity contribution in [3.05, 3.63) is 58.7 Å². The van der Waals surface area contributed by atoms with E-state index in [2.05, 4.69) is 18.3 Å². The van der Waals surface area contributed by atoms with E-state index in [9.17, 15) is 9.59 Å². The Morgan fingerprint density at radius 1 is 1.07 bits per heavy atom. The number of nitrogens with zero attached hydrogens (tertiary/aromatic N) is 2. The molecule has 156 valence electrons. The summed E-state index contributed by atoms with van der Waals surface area (Å²) in [5.41, 5.74) is 6.12. The molecule has 1 unspecified atom stereocenters. The number of rotatable bonds is 5. The van der Waals surface area contributed by atoms with Crippen LogP contribution in [0.15, 0.2) is 41.4 Å². The van der Waals surface area contributed by atoms with Crippen LogP contribution in [0.5, 0.6) is 0 Å². The topological polar surface area (TPSA) is 61.8 Å². The van der Waals surface area contributed by atoms with Crippen LogP contribution in [-0.2, 0) is 9.59 Å². The highest BCUT2D eigenvalue weighted by Crippen LogP contribution is 2.40. The minimum atomic E-state index is -0.430. The van der Waals surface area contributed by atoms with Crippen molar-refractivity contribution in [3.8, 4) is 0 Å². The van der Waals surface area contributed by atoms with Crippen LogP contribution in [0, 0.1) is 27.7 Å². The van der Waals surface area contributed by atoms with Crippen LogP contribution in [0.4, 0.5) is 11.4 Å². The first-order valence-electron chi connectivity index (χ1n) is 10.3. The van der Waals surface area contributed by atoms with Crippen molar-refractivity contribution in [1.82, 2.24) is 4.90 Å². The quantitative estimate of drug-likeness (QED) is 0.735. The molecule has 2 aliphatic rings. The summed E-state index contributed by atoms with van der Waals surface area (Å²) in [4.78, 5) is 32.4. The largest absolute Gasteiger partial charge is 0.326 e. The summed E-state index contributed by atoms with van der Waals surface area (Å²) in [5, 5.41) is 3.25. The van der Waals surface area contributed by atoms with E-state index >= 15 is 0 Å². The molecule has 0 radical (unpaired) electrons. The molecule has 2 fully saturated rings. The van der Waals surface area contributed by atoms with Gasteiger partial charge in [-0.25, -0.2) is 4.99 Å². The van der Waals surface area contributed by atoms with Gasteiger partial charge in [-0.05, 0) is 63.8 Å². The van der Waals surface area contributed by atoms with Gasteiger partial charge in [0.05, 0.1) is 5.69 Å². The Morgan fingerprint density at radius 2 is 1.73 bits per heavy atom. The average Bonchev–Trinajstić information content (AvgIpc) is 3.46. The molecule has 30 heavy (non-hydrogen) atoms. The molecule has 2 amide bonds. The Labute approximate surface area is 182 Å². The number of hydrogen-bond donors (Lipinski definition) is 1. The Hall–Kier alpha value is -2.60. The van der Waals surface area contributed by atoms with Gasteiger partial charge in [0.15, 0.2) is 5.17 Å². The summed E-state index contributed by atoms with van der Waals surface area (Å²) in [6.07, 6.45) is 2.14. The van der Waals surface area contributed by atoms with Gasteiger partial charge >= 0.3 is 0 Å². The number of aliphatic imine (C=N–C) groups is 1. The van der Waals surface area contributed by atoms with Crippen LogP contribution in [0.2, 0.25) is 0 Å². The predicted octanol–water partition coefficient (Wildman–Crippen LogP) is 5.04. The first-order valence-corrected chi connectivity index (χ1v) is 11.2. The van der Waals surface area contributed by atoms with Crippen molar-refractivity contribution in [1.29, 1.82) is 0 Å². The third-order valence-corrected chi connectivity index (χ3v) is 6.63. The summed E-state index contributed by atoms with van der Waals surface area (Å²) in [6.45, 7) is 8.08. The maximum absolute atomic E-state index is 13.1. The molecule has 0 spiro atoms. The highest BCUT2D eigenvalue weighted by Gasteiger charge is 2.46. The third-order valence-electron chi connectivity index (χ3n) is 5.47. The smallest absolute Gasteiger partial charge is 0.242 e. The van der Waals surface area contributed by atoms with Crippen LogP contribution >= 0.6 is 11.8 Å². The van der Waals surface area contributed by atoms with Crippen LogP contribution in [0.3, 0.4) is 0 Å². The molecule has 5 nitrogen and oxygen atoms in total. The molecule has 2 aromatic carbocycles.